The standard InChI is InChI=1S/C27H23Cl2F3N4O3/c1-15-11-19(8-7-18(15)13-33-12-17-6-9-20(26(37)38)16(2)10-17)39-14-23-25(27(30,31)32)34-35-36(23)24-21(28)4-3-5-22(24)29/h3-11,33H,12-14H2,1-2H3,(H,37,38). The Morgan fingerprint density at radius 1 is 1.03 bits per heavy atom. The number of nitrogens with one attached hydrogen (secondary N) is 1. The van der Waals surface area contributed by atoms with Gasteiger partial charge in [-0.05, 0) is 66.4 Å². The van der Waals surface area contributed by atoms with Crippen molar-refractivity contribution in [2.24, 2.45) is 0 Å². The molecule has 0 saturated heterocycles. The molecule has 0 fully saturated rings. The maximum absolute atomic E-state index is 13.7. The fourth-order valence-corrected chi connectivity index (χ4v) is 4.61. The number of aryl methyl sites for hydroxylation is 2. The predicted octanol–water partition coefficient (Wildman–Crippen LogP) is 6.78. The van der Waals surface area contributed by atoms with Gasteiger partial charge in [-0.15, -0.1) is 5.10 Å². The van der Waals surface area contributed by atoms with Crippen LogP contribution in [0.4, 0.5) is 13.2 Å². The monoisotopic (exact) mass is 578 g/mol. The largest absolute Gasteiger partial charge is 0.487 e. The van der Waals surface area contributed by atoms with E-state index in [1.807, 2.05) is 19.1 Å². The number of aromatic carboxylic acids is 1. The SMILES string of the molecule is Cc1cc(OCc2c(C(F)(F)F)nnn2-c2c(Cl)cccc2Cl)ccc1CNCc1ccc(C(=O)O)c(C)c1. The fourth-order valence-electron chi connectivity index (χ4n) is 4.05. The summed E-state index contributed by atoms with van der Waals surface area (Å²) in [6, 6.07) is 14.9. The minimum atomic E-state index is -4.76. The minimum absolute atomic E-state index is 0.0767. The molecule has 39 heavy (non-hydrogen) atoms. The first-order valence-electron chi connectivity index (χ1n) is 11.7. The third-order valence-electron chi connectivity index (χ3n) is 6.04. The van der Waals surface area contributed by atoms with Crippen LogP contribution in [0.15, 0.2) is 54.6 Å². The van der Waals surface area contributed by atoms with E-state index in [0.717, 1.165) is 21.4 Å². The number of rotatable bonds is 9. The molecule has 1 aromatic heterocycles. The molecule has 0 saturated carbocycles. The maximum atomic E-state index is 13.7. The van der Waals surface area contributed by atoms with Crippen LogP contribution in [-0.2, 0) is 25.9 Å². The Bertz CT molecular complexity index is 1500. The number of nitrogens with zero attached hydrogens (tertiary/aromatic N) is 3. The Kier molecular flexibility index (Phi) is 8.48. The van der Waals surface area contributed by atoms with Crippen LogP contribution in [0.25, 0.3) is 5.69 Å². The van der Waals surface area contributed by atoms with Crippen LogP contribution in [0.3, 0.4) is 0 Å². The molecule has 12 heteroatoms. The van der Waals surface area contributed by atoms with Gasteiger partial charge in [0, 0.05) is 13.1 Å². The average Bonchev–Trinajstić information content (AvgIpc) is 3.28. The normalized spacial score (nSPS) is 11.6. The maximum Gasteiger partial charge on any atom is 0.437 e. The van der Waals surface area contributed by atoms with Crippen molar-refractivity contribution in [3.8, 4) is 11.4 Å². The van der Waals surface area contributed by atoms with Crippen molar-refractivity contribution >= 4 is 29.2 Å². The van der Waals surface area contributed by atoms with E-state index in [1.54, 1.807) is 37.3 Å². The zero-order chi connectivity index (χ0) is 28.3. The molecule has 0 spiro atoms. The van der Waals surface area contributed by atoms with Gasteiger partial charge in [-0.2, -0.15) is 13.2 Å². The zero-order valence-corrected chi connectivity index (χ0v) is 22.3. The van der Waals surface area contributed by atoms with E-state index >= 15 is 0 Å². The smallest absolute Gasteiger partial charge is 0.437 e. The number of benzene rings is 3. The van der Waals surface area contributed by atoms with Gasteiger partial charge < -0.3 is 15.2 Å². The highest BCUT2D eigenvalue weighted by Gasteiger charge is 2.39. The highest BCUT2D eigenvalue weighted by molar-refractivity contribution is 6.37. The number of para-hydroxylation sites is 1. The Hall–Kier alpha value is -3.60. The van der Waals surface area contributed by atoms with Crippen molar-refractivity contribution in [3.05, 3.63) is 104 Å². The topological polar surface area (TPSA) is 89.3 Å². The summed E-state index contributed by atoms with van der Waals surface area (Å²) < 4.78 is 47.7. The van der Waals surface area contributed by atoms with Gasteiger partial charge in [0.1, 0.15) is 23.7 Å². The third-order valence-corrected chi connectivity index (χ3v) is 6.65. The summed E-state index contributed by atoms with van der Waals surface area (Å²) >= 11 is 12.4. The zero-order valence-electron chi connectivity index (χ0n) is 20.8. The Balaban J connectivity index is 1.46. The number of carboxylic acids is 1. The third kappa shape index (κ3) is 6.52. The molecule has 2 N–H and O–H groups in total. The summed E-state index contributed by atoms with van der Waals surface area (Å²) in [7, 11) is 0. The molecule has 0 amide bonds. The van der Waals surface area contributed by atoms with Crippen LogP contribution in [0, 0.1) is 13.8 Å². The molecular weight excluding hydrogens is 556 g/mol. The molecule has 204 valence electrons. The molecule has 0 radical (unpaired) electrons. The van der Waals surface area contributed by atoms with E-state index in [1.165, 1.54) is 12.1 Å². The minimum Gasteiger partial charge on any atom is -0.487 e. The summed E-state index contributed by atoms with van der Waals surface area (Å²) in [5, 5.41) is 19.7. The first-order valence-corrected chi connectivity index (χ1v) is 12.4. The molecule has 4 aromatic rings. The first-order chi connectivity index (χ1) is 18.5. The molecule has 0 unspecified atom stereocenters. The van der Waals surface area contributed by atoms with Crippen LogP contribution in [0.1, 0.15) is 44.0 Å². The highest BCUT2D eigenvalue weighted by Crippen LogP contribution is 2.35. The number of hydrogen-bond acceptors (Lipinski definition) is 5. The van der Waals surface area contributed by atoms with Gasteiger partial charge >= 0.3 is 12.1 Å². The summed E-state index contributed by atoms with van der Waals surface area (Å²) in [4.78, 5) is 11.2. The van der Waals surface area contributed by atoms with Gasteiger partial charge in [0.05, 0.1) is 15.6 Å². The van der Waals surface area contributed by atoms with E-state index in [4.69, 9.17) is 33.0 Å². The Labute approximate surface area is 232 Å². The number of alkyl halides is 3. The lowest BCUT2D eigenvalue weighted by Crippen LogP contribution is -2.15. The molecule has 1 heterocycles. The van der Waals surface area contributed by atoms with Crippen LogP contribution >= 0.6 is 23.2 Å². The lowest BCUT2D eigenvalue weighted by molar-refractivity contribution is -0.142. The quantitative estimate of drug-likeness (QED) is 0.227. The second-order valence-corrected chi connectivity index (χ2v) is 9.61. The first kappa shape index (κ1) is 28.4. The van der Waals surface area contributed by atoms with Gasteiger partial charge in [-0.3, -0.25) is 0 Å². The van der Waals surface area contributed by atoms with Crippen LogP contribution in [0.5, 0.6) is 5.75 Å². The number of aromatic nitrogens is 3. The second kappa shape index (κ2) is 11.6. The van der Waals surface area contributed by atoms with Crippen molar-refractivity contribution in [2.75, 3.05) is 0 Å². The molecule has 0 aliphatic carbocycles. The molecular formula is C27H23Cl2F3N4O3. The molecule has 0 atom stereocenters. The number of carboxylic acid groups (broad SMARTS) is 1. The summed E-state index contributed by atoms with van der Waals surface area (Å²) in [6.07, 6.45) is -4.76. The van der Waals surface area contributed by atoms with E-state index in [-0.39, 0.29) is 27.0 Å². The van der Waals surface area contributed by atoms with E-state index in [0.29, 0.717) is 24.4 Å². The van der Waals surface area contributed by atoms with Crippen molar-refractivity contribution < 1.29 is 27.8 Å². The lowest BCUT2D eigenvalue weighted by Gasteiger charge is -2.14. The van der Waals surface area contributed by atoms with Crippen molar-refractivity contribution in [2.45, 2.75) is 39.7 Å². The van der Waals surface area contributed by atoms with Crippen LogP contribution in [-0.4, -0.2) is 26.1 Å². The van der Waals surface area contributed by atoms with E-state index in [9.17, 15) is 18.0 Å². The van der Waals surface area contributed by atoms with Crippen LogP contribution < -0.4 is 10.1 Å². The van der Waals surface area contributed by atoms with Crippen LogP contribution in [0.2, 0.25) is 10.0 Å². The number of ether oxygens (including phenoxy) is 1. The highest BCUT2D eigenvalue weighted by atomic mass is 35.5. The molecule has 0 bridgehead atoms. The van der Waals surface area contributed by atoms with Gasteiger partial charge in [-0.1, -0.05) is 52.7 Å². The number of halogens is 5. The van der Waals surface area contributed by atoms with Gasteiger partial charge in [0.25, 0.3) is 0 Å². The predicted molar refractivity (Wildman–Crippen MR) is 141 cm³/mol. The van der Waals surface area contributed by atoms with Crippen molar-refractivity contribution in [3.63, 3.8) is 0 Å². The molecule has 7 nitrogen and oxygen atoms in total. The number of carbonyl (C=O) groups is 1. The Morgan fingerprint density at radius 2 is 1.74 bits per heavy atom. The van der Waals surface area contributed by atoms with E-state index in [2.05, 4.69) is 15.6 Å². The van der Waals surface area contributed by atoms with Gasteiger partial charge in [-0.25, -0.2) is 9.48 Å². The second-order valence-electron chi connectivity index (χ2n) is 8.80. The summed E-state index contributed by atoms with van der Waals surface area (Å²) in [5.41, 5.74) is 2.27. The summed E-state index contributed by atoms with van der Waals surface area (Å²) in [6.45, 7) is 4.18. The molecule has 0 aliphatic rings. The molecule has 3 aromatic carbocycles. The summed E-state index contributed by atoms with van der Waals surface area (Å²) in [5.74, 6) is -0.602. The Morgan fingerprint density at radius 3 is 2.36 bits per heavy atom. The lowest BCUT2D eigenvalue weighted by atomic mass is 10.0. The average molecular weight is 579 g/mol. The molecule has 0 aliphatic heterocycles. The van der Waals surface area contributed by atoms with E-state index < -0.39 is 24.4 Å². The molecule has 4 rings (SSSR count). The fraction of sp³-hybridized carbons (Fsp3) is 0.222. The van der Waals surface area contributed by atoms with Crippen molar-refractivity contribution in [1.29, 1.82) is 0 Å². The van der Waals surface area contributed by atoms with Gasteiger partial charge in [0.15, 0.2) is 5.69 Å². The van der Waals surface area contributed by atoms with Crippen molar-refractivity contribution in [1.82, 2.24) is 20.3 Å². The number of hydrogen-bond donors (Lipinski definition) is 2. The van der Waals surface area contributed by atoms with Gasteiger partial charge in [0.2, 0.25) is 0 Å².